The third kappa shape index (κ3) is 9.67. The average Bonchev–Trinajstić information content (AvgIpc) is 2.42. The first-order chi connectivity index (χ1) is 9.24. The van der Waals surface area contributed by atoms with Gasteiger partial charge in [0.25, 0.3) is 0 Å². The molecule has 0 aliphatic carbocycles. The van der Waals surface area contributed by atoms with E-state index in [4.69, 9.17) is 4.43 Å². The maximum Gasteiger partial charge on any atom is 0.192 e. The molecule has 0 saturated carbocycles. The Morgan fingerprint density at radius 3 is 1.68 bits per heavy atom. The van der Waals surface area contributed by atoms with E-state index in [9.17, 15) is 0 Å². The molecule has 1 unspecified atom stereocenters. The summed E-state index contributed by atoms with van der Waals surface area (Å²) in [5, 5.41) is 0. The van der Waals surface area contributed by atoms with Crippen LogP contribution < -0.4 is 0 Å². The fourth-order valence-corrected chi connectivity index (χ4v) is 6.94. The van der Waals surface area contributed by atoms with Crippen LogP contribution in [-0.4, -0.2) is 14.9 Å². The molecule has 0 spiro atoms. The maximum atomic E-state index is 6.22. The van der Waals surface area contributed by atoms with E-state index < -0.39 is 8.32 Å². The van der Waals surface area contributed by atoms with Crippen LogP contribution in [0.3, 0.4) is 0 Å². The number of rotatable bonds is 14. The van der Waals surface area contributed by atoms with E-state index in [1.165, 1.54) is 75.9 Å². The van der Waals surface area contributed by atoms with Crippen molar-refractivity contribution in [3.05, 3.63) is 0 Å². The molecule has 0 aliphatic heterocycles. The van der Waals surface area contributed by atoms with Crippen LogP contribution in [0, 0.1) is 0 Å². The van der Waals surface area contributed by atoms with Gasteiger partial charge in [0.05, 0.1) is 0 Å². The van der Waals surface area contributed by atoms with Crippen molar-refractivity contribution in [2.75, 3.05) is 6.61 Å². The van der Waals surface area contributed by atoms with Gasteiger partial charge in [-0.1, -0.05) is 78.6 Å². The molecule has 0 radical (unpaired) electrons. The minimum atomic E-state index is -1.35. The fraction of sp³-hybridized carbons (Fsp3) is 1.00. The Labute approximate surface area is 123 Å². The van der Waals surface area contributed by atoms with Gasteiger partial charge in [-0.15, -0.1) is 0 Å². The zero-order chi connectivity index (χ0) is 14.4. The first-order valence-electron chi connectivity index (χ1n) is 8.88. The van der Waals surface area contributed by atoms with Gasteiger partial charge in [-0.2, -0.15) is 0 Å². The molecule has 2 heteroatoms. The first-order valence-corrected chi connectivity index (χ1v) is 11.4. The van der Waals surface area contributed by atoms with Gasteiger partial charge in [0, 0.05) is 6.61 Å². The van der Waals surface area contributed by atoms with E-state index in [0.717, 1.165) is 6.61 Å². The summed E-state index contributed by atoms with van der Waals surface area (Å²) in [4.78, 5) is 0. The second kappa shape index (κ2) is 13.2. The maximum absolute atomic E-state index is 6.22. The lowest BCUT2D eigenvalue weighted by atomic mass is 10.1. The lowest BCUT2D eigenvalue weighted by Crippen LogP contribution is -2.37. The van der Waals surface area contributed by atoms with Gasteiger partial charge >= 0.3 is 0 Å². The Morgan fingerprint density at radius 1 is 0.632 bits per heavy atom. The van der Waals surface area contributed by atoms with Gasteiger partial charge in [-0.3, -0.25) is 0 Å². The third-order valence-electron chi connectivity index (χ3n) is 4.29. The Bertz CT molecular complexity index is 176. The lowest BCUT2D eigenvalue weighted by molar-refractivity contribution is 0.316. The van der Waals surface area contributed by atoms with Crippen LogP contribution in [0.15, 0.2) is 0 Å². The van der Waals surface area contributed by atoms with Crippen molar-refractivity contribution in [2.45, 2.75) is 104 Å². The molecule has 0 saturated heterocycles. The van der Waals surface area contributed by atoms with Gasteiger partial charge in [-0.05, 0) is 25.1 Å². The zero-order valence-corrected chi connectivity index (χ0v) is 15.1. The van der Waals surface area contributed by atoms with Crippen molar-refractivity contribution in [1.82, 2.24) is 0 Å². The van der Waals surface area contributed by atoms with E-state index in [-0.39, 0.29) is 0 Å². The topological polar surface area (TPSA) is 9.23 Å². The zero-order valence-electron chi connectivity index (χ0n) is 14.1. The molecule has 1 nitrogen and oxygen atoms in total. The molecule has 0 aromatic rings. The van der Waals surface area contributed by atoms with E-state index >= 15 is 0 Å². The standard InChI is InChI=1S/C17H38OSi/c1-5-9-10-11-12-13-14-15-17-19(8-4,16-6-2)18-7-3/h5-17H2,1-4H3. The Kier molecular flexibility index (Phi) is 13.3. The largest absolute Gasteiger partial charge is 0.417 e. The van der Waals surface area contributed by atoms with E-state index in [1.807, 2.05) is 0 Å². The molecular weight excluding hydrogens is 248 g/mol. The molecule has 0 bridgehead atoms. The predicted molar refractivity (Wildman–Crippen MR) is 90.4 cm³/mol. The molecule has 0 fully saturated rings. The van der Waals surface area contributed by atoms with Crippen LogP contribution in [-0.2, 0) is 4.43 Å². The Balaban J connectivity index is 3.68. The van der Waals surface area contributed by atoms with Crippen LogP contribution in [0.1, 0.15) is 85.5 Å². The van der Waals surface area contributed by atoms with Crippen LogP contribution in [0.5, 0.6) is 0 Å². The van der Waals surface area contributed by atoms with E-state index in [2.05, 4.69) is 27.7 Å². The summed E-state index contributed by atoms with van der Waals surface area (Å²) in [7, 11) is -1.35. The molecule has 0 aliphatic rings. The fourth-order valence-electron chi connectivity index (χ4n) is 3.07. The summed E-state index contributed by atoms with van der Waals surface area (Å²) >= 11 is 0. The molecule has 0 N–H and O–H groups in total. The Morgan fingerprint density at radius 2 is 1.21 bits per heavy atom. The van der Waals surface area contributed by atoms with Crippen molar-refractivity contribution in [3.8, 4) is 0 Å². The molecule has 1 atom stereocenters. The highest BCUT2D eigenvalue weighted by molar-refractivity contribution is 6.73. The minimum absolute atomic E-state index is 0.928. The van der Waals surface area contributed by atoms with Gasteiger partial charge in [0.1, 0.15) is 0 Å². The highest BCUT2D eigenvalue weighted by Crippen LogP contribution is 2.27. The van der Waals surface area contributed by atoms with Crippen LogP contribution in [0.4, 0.5) is 0 Å². The molecule has 116 valence electrons. The molecule has 0 rings (SSSR count). The summed E-state index contributed by atoms with van der Waals surface area (Å²) in [5.41, 5.74) is 0. The first kappa shape index (κ1) is 19.2. The van der Waals surface area contributed by atoms with Crippen molar-refractivity contribution in [2.24, 2.45) is 0 Å². The van der Waals surface area contributed by atoms with E-state index in [0.29, 0.717) is 0 Å². The van der Waals surface area contributed by atoms with Crippen molar-refractivity contribution in [1.29, 1.82) is 0 Å². The normalized spacial score (nSPS) is 14.5. The average molecular weight is 287 g/mol. The minimum Gasteiger partial charge on any atom is -0.417 e. The van der Waals surface area contributed by atoms with Crippen LogP contribution in [0.25, 0.3) is 0 Å². The van der Waals surface area contributed by atoms with Gasteiger partial charge in [0.15, 0.2) is 8.32 Å². The SMILES string of the molecule is CCCCCCCCCC[Si](CC)(CCC)OCC. The summed E-state index contributed by atoms with van der Waals surface area (Å²) in [6, 6.07) is 4.08. The molecule has 0 aromatic heterocycles. The molecule has 0 aromatic carbocycles. The highest BCUT2D eigenvalue weighted by atomic mass is 28.4. The number of hydrogen-bond acceptors (Lipinski definition) is 1. The van der Waals surface area contributed by atoms with Crippen molar-refractivity contribution in [3.63, 3.8) is 0 Å². The van der Waals surface area contributed by atoms with Gasteiger partial charge < -0.3 is 4.43 Å². The molecular formula is C17H38OSi. The van der Waals surface area contributed by atoms with Gasteiger partial charge in [0.2, 0.25) is 0 Å². The highest BCUT2D eigenvalue weighted by Gasteiger charge is 2.30. The monoisotopic (exact) mass is 286 g/mol. The third-order valence-corrected chi connectivity index (χ3v) is 9.15. The smallest absolute Gasteiger partial charge is 0.192 e. The Hall–Kier alpha value is 0.177. The van der Waals surface area contributed by atoms with Gasteiger partial charge in [-0.25, -0.2) is 0 Å². The van der Waals surface area contributed by atoms with Crippen LogP contribution >= 0.6 is 0 Å². The summed E-state index contributed by atoms with van der Waals surface area (Å²) in [5.74, 6) is 0. The second-order valence-corrected chi connectivity index (χ2v) is 10.3. The van der Waals surface area contributed by atoms with Crippen molar-refractivity contribution >= 4 is 8.32 Å². The van der Waals surface area contributed by atoms with E-state index in [1.54, 1.807) is 0 Å². The molecule has 0 amide bonds. The number of hydrogen-bond donors (Lipinski definition) is 0. The number of unbranched alkanes of at least 4 members (excludes halogenated alkanes) is 7. The predicted octanol–water partition coefficient (Wildman–Crippen LogP) is 6.54. The lowest BCUT2D eigenvalue weighted by Gasteiger charge is -2.29. The molecule has 0 heterocycles. The van der Waals surface area contributed by atoms with Crippen molar-refractivity contribution < 1.29 is 4.43 Å². The summed E-state index contributed by atoms with van der Waals surface area (Å²) < 4.78 is 6.22. The van der Waals surface area contributed by atoms with Crippen LogP contribution in [0.2, 0.25) is 18.1 Å². The second-order valence-electron chi connectivity index (χ2n) is 5.94. The summed E-state index contributed by atoms with van der Waals surface area (Å²) in [6.45, 7) is 10.0. The quantitative estimate of drug-likeness (QED) is 0.260. The summed E-state index contributed by atoms with van der Waals surface area (Å²) in [6.07, 6.45) is 12.7. The molecule has 19 heavy (non-hydrogen) atoms.